The molecule has 1 aromatic heterocycles. The van der Waals surface area contributed by atoms with Crippen LogP contribution in [-0.4, -0.2) is 27.3 Å². The molecule has 0 saturated carbocycles. The van der Waals surface area contributed by atoms with Gasteiger partial charge in [0.25, 0.3) is 0 Å². The Morgan fingerprint density at radius 3 is 2.70 bits per heavy atom. The van der Waals surface area contributed by atoms with Gasteiger partial charge in [-0.05, 0) is 17.4 Å². The number of carbonyl (C=O) groups excluding carboxylic acids is 1. The number of hydrogen-bond acceptors (Lipinski definition) is 5. The van der Waals surface area contributed by atoms with Crippen molar-refractivity contribution in [1.82, 2.24) is 9.78 Å². The van der Waals surface area contributed by atoms with Crippen molar-refractivity contribution < 1.29 is 14.5 Å². The van der Waals surface area contributed by atoms with E-state index in [-0.39, 0.29) is 24.7 Å². The molecular weight excluding hydrogens is 262 g/mol. The number of nitro groups is 1. The fourth-order valence-electron chi connectivity index (χ4n) is 1.74. The first-order valence-corrected chi connectivity index (χ1v) is 6.05. The molecule has 0 amide bonds. The Morgan fingerprint density at radius 1 is 1.40 bits per heavy atom. The van der Waals surface area contributed by atoms with Gasteiger partial charge in [0.15, 0.2) is 5.69 Å². The number of rotatable bonds is 5. The highest BCUT2D eigenvalue weighted by molar-refractivity contribution is 5.88. The van der Waals surface area contributed by atoms with E-state index in [1.165, 1.54) is 4.68 Å². The van der Waals surface area contributed by atoms with Crippen molar-refractivity contribution in [3.63, 3.8) is 0 Å². The molecule has 0 N–H and O–H groups in total. The monoisotopic (exact) mass is 275 g/mol. The van der Waals surface area contributed by atoms with Crippen LogP contribution in [0.2, 0.25) is 0 Å². The number of esters is 1. The summed E-state index contributed by atoms with van der Waals surface area (Å²) in [7, 11) is 0. The van der Waals surface area contributed by atoms with E-state index in [1.54, 1.807) is 6.92 Å². The molecule has 7 nitrogen and oxygen atoms in total. The van der Waals surface area contributed by atoms with Gasteiger partial charge < -0.3 is 14.9 Å². The fourth-order valence-corrected chi connectivity index (χ4v) is 1.74. The van der Waals surface area contributed by atoms with Crippen LogP contribution in [0, 0.1) is 10.1 Å². The van der Waals surface area contributed by atoms with Gasteiger partial charge in [-0.15, -0.1) is 0 Å². The SMILES string of the molecule is CCOC(=O)c1cc([N+](=O)[O-])nn1Cc1ccccc1. The number of ether oxygens (including phenoxy) is 1. The normalized spacial score (nSPS) is 10.2. The molecule has 2 aromatic rings. The summed E-state index contributed by atoms with van der Waals surface area (Å²) in [6, 6.07) is 10.4. The van der Waals surface area contributed by atoms with Crippen molar-refractivity contribution in [3.05, 3.63) is 57.8 Å². The van der Waals surface area contributed by atoms with E-state index in [1.807, 2.05) is 30.3 Å². The number of aromatic nitrogens is 2. The Bertz CT molecular complexity index is 622. The lowest BCUT2D eigenvalue weighted by Crippen LogP contribution is -2.14. The molecule has 0 saturated heterocycles. The average Bonchev–Trinajstić information content (AvgIpc) is 2.84. The lowest BCUT2D eigenvalue weighted by molar-refractivity contribution is -0.389. The van der Waals surface area contributed by atoms with Crippen LogP contribution in [0.3, 0.4) is 0 Å². The van der Waals surface area contributed by atoms with E-state index >= 15 is 0 Å². The molecule has 2 rings (SSSR count). The summed E-state index contributed by atoms with van der Waals surface area (Å²) in [4.78, 5) is 21.9. The van der Waals surface area contributed by atoms with Gasteiger partial charge in [0.1, 0.15) is 0 Å². The Hall–Kier alpha value is -2.70. The topological polar surface area (TPSA) is 87.3 Å². The van der Waals surface area contributed by atoms with Crippen LogP contribution in [0.15, 0.2) is 36.4 Å². The first-order chi connectivity index (χ1) is 9.61. The van der Waals surface area contributed by atoms with Gasteiger partial charge >= 0.3 is 11.8 Å². The molecule has 0 fully saturated rings. The van der Waals surface area contributed by atoms with Crippen molar-refractivity contribution in [2.24, 2.45) is 0 Å². The Labute approximate surface area is 114 Å². The lowest BCUT2D eigenvalue weighted by Gasteiger charge is -2.03. The van der Waals surface area contributed by atoms with Gasteiger partial charge in [0.2, 0.25) is 0 Å². The summed E-state index contributed by atoms with van der Waals surface area (Å²) >= 11 is 0. The van der Waals surface area contributed by atoms with Crippen LogP contribution in [0.5, 0.6) is 0 Å². The molecule has 7 heteroatoms. The predicted molar refractivity (Wildman–Crippen MR) is 70.4 cm³/mol. The number of hydrogen-bond donors (Lipinski definition) is 0. The molecule has 0 bridgehead atoms. The van der Waals surface area contributed by atoms with Crippen LogP contribution in [-0.2, 0) is 11.3 Å². The van der Waals surface area contributed by atoms with Crippen LogP contribution in [0.4, 0.5) is 5.82 Å². The van der Waals surface area contributed by atoms with E-state index in [0.29, 0.717) is 0 Å². The smallest absolute Gasteiger partial charge is 0.390 e. The van der Waals surface area contributed by atoms with Gasteiger partial charge in [-0.2, -0.15) is 4.68 Å². The fraction of sp³-hybridized carbons (Fsp3) is 0.231. The minimum absolute atomic E-state index is 0.0717. The third-order valence-electron chi connectivity index (χ3n) is 2.61. The van der Waals surface area contributed by atoms with Crippen molar-refractivity contribution >= 4 is 11.8 Å². The molecule has 0 radical (unpaired) electrons. The zero-order chi connectivity index (χ0) is 14.5. The molecule has 1 heterocycles. The van der Waals surface area contributed by atoms with E-state index < -0.39 is 10.9 Å². The minimum Gasteiger partial charge on any atom is -0.461 e. The van der Waals surface area contributed by atoms with Crippen LogP contribution in [0.25, 0.3) is 0 Å². The second-order valence-electron chi connectivity index (χ2n) is 4.01. The van der Waals surface area contributed by atoms with Gasteiger partial charge in [0.05, 0.1) is 24.3 Å². The average molecular weight is 275 g/mol. The van der Waals surface area contributed by atoms with Crippen LogP contribution in [0.1, 0.15) is 23.0 Å². The first-order valence-electron chi connectivity index (χ1n) is 6.05. The summed E-state index contributed by atoms with van der Waals surface area (Å²) in [6.07, 6.45) is 0. The molecule has 0 aliphatic rings. The van der Waals surface area contributed by atoms with Crippen LogP contribution >= 0.6 is 0 Å². The third-order valence-corrected chi connectivity index (χ3v) is 2.61. The Morgan fingerprint density at radius 2 is 2.10 bits per heavy atom. The lowest BCUT2D eigenvalue weighted by atomic mass is 10.2. The molecule has 0 atom stereocenters. The van der Waals surface area contributed by atoms with E-state index in [9.17, 15) is 14.9 Å². The molecule has 20 heavy (non-hydrogen) atoms. The molecule has 0 unspecified atom stereocenters. The van der Waals surface area contributed by atoms with Crippen molar-refractivity contribution in [1.29, 1.82) is 0 Å². The summed E-state index contributed by atoms with van der Waals surface area (Å²) in [5.74, 6) is -0.993. The van der Waals surface area contributed by atoms with E-state index in [2.05, 4.69) is 5.10 Å². The van der Waals surface area contributed by atoms with Gasteiger partial charge in [0, 0.05) is 0 Å². The summed E-state index contributed by atoms with van der Waals surface area (Å²) in [5, 5.41) is 14.6. The van der Waals surface area contributed by atoms with Crippen molar-refractivity contribution in [3.8, 4) is 0 Å². The Kier molecular flexibility index (Phi) is 4.09. The Balaban J connectivity index is 2.34. The van der Waals surface area contributed by atoms with Gasteiger partial charge in [-0.25, -0.2) is 4.79 Å². The number of carbonyl (C=O) groups is 1. The van der Waals surface area contributed by atoms with E-state index in [0.717, 1.165) is 11.6 Å². The standard InChI is InChI=1S/C13H13N3O4/c1-2-20-13(17)11-8-12(16(18)19)14-15(11)9-10-6-4-3-5-7-10/h3-8H,2,9H2,1H3. The summed E-state index contributed by atoms with van der Waals surface area (Å²) in [5.41, 5.74) is 0.957. The number of benzene rings is 1. The highest BCUT2D eigenvalue weighted by Gasteiger charge is 2.24. The number of nitrogens with zero attached hydrogens (tertiary/aromatic N) is 3. The first kappa shape index (κ1) is 13.7. The van der Waals surface area contributed by atoms with Gasteiger partial charge in [-0.3, -0.25) is 0 Å². The largest absolute Gasteiger partial charge is 0.461 e. The molecule has 0 aliphatic carbocycles. The highest BCUT2D eigenvalue weighted by Crippen LogP contribution is 2.15. The maximum absolute atomic E-state index is 11.8. The molecule has 0 spiro atoms. The molecule has 1 aromatic carbocycles. The third kappa shape index (κ3) is 3.00. The quantitative estimate of drug-likeness (QED) is 0.473. The second-order valence-corrected chi connectivity index (χ2v) is 4.01. The maximum Gasteiger partial charge on any atom is 0.390 e. The maximum atomic E-state index is 11.8. The van der Waals surface area contributed by atoms with E-state index in [4.69, 9.17) is 4.74 Å². The van der Waals surface area contributed by atoms with Crippen molar-refractivity contribution in [2.45, 2.75) is 13.5 Å². The molecular formula is C13H13N3O4. The molecule has 104 valence electrons. The predicted octanol–water partition coefficient (Wildman–Crippen LogP) is 2.02. The molecule has 0 aliphatic heterocycles. The zero-order valence-electron chi connectivity index (χ0n) is 10.9. The highest BCUT2D eigenvalue weighted by atomic mass is 16.6. The van der Waals surface area contributed by atoms with Crippen LogP contribution < -0.4 is 0 Å². The van der Waals surface area contributed by atoms with Crippen molar-refractivity contribution in [2.75, 3.05) is 6.61 Å². The van der Waals surface area contributed by atoms with Gasteiger partial charge in [-0.1, -0.05) is 30.3 Å². The summed E-state index contributed by atoms with van der Waals surface area (Å²) in [6.45, 7) is 2.14. The second kappa shape index (κ2) is 5.96. The summed E-state index contributed by atoms with van der Waals surface area (Å²) < 4.78 is 6.16. The minimum atomic E-state index is -0.635. The zero-order valence-corrected chi connectivity index (χ0v) is 10.9.